The number of hydrogen-bond acceptors (Lipinski definition) is 2. The van der Waals surface area contributed by atoms with Crippen molar-refractivity contribution in [3.8, 4) is 0 Å². The van der Waals surface area contributed by atoms with Crippen molar-refractivity contribution >= 4 is 5.97 Å². The molecule has 1 saturated carbocycles. The molecule has 3 nitrogen and oxygen atoms in total. The molecule has 7 heteroatoms. The summed E-state index contributed by atoms with van der Waals surface area (Å²) in [6.07, 6.45) is 1.44. The molecule has 0 saturated heterocycles. The van der Waals surface area contributed by atoms with Crippen LogP contribution >= 0.6 is 0 Å². The third-order valence-corrected chi connectivity index (χ3v) is 5.05. The van der Waals surface area contributed by atoms with Crippen LogP contribution in [0.5, 0.6) is 0 Å². The highest BCUT2D eigenvalue weighted by Gasteiger charge is 2.33. The van der Waals surface area contributed by atoms with Gasteiger partial charge in [0, 0.05) is 0 Å². The van der Waals surface area contributed by atoms with Crippen molar-refractivity contribution in [2.75, 3.05) is 20.6 Å². The summed E-state index contributed by atoms with van der Waals surface area (Å²) in [5, 5.41) is 0. The maximum Gasteiger partial charge on any atom is 0.416 e. The van der Waals surface area contributed by atoms with Crippen LogP contribution in [0.15, 0.2) is 24.3 Å². The lowest BCUT2D eigenvalue weighted by atomic mass is 9.93. The van der Waals surface area contributed by atoms with E-state index in [2.05, 4.69) is 14.1 Å². The minimum absolute atomic E-state index is 0. The van der Waals surface area contributed by atoms with E-state index < -0.39 is 17.7 Å². The standard InChI is InChI=1S/C19H27F3NO2.HI/c1-14(13-23(2,3)17-7-5-4-6-8-17)25-18(24)15-9-11-16(12-10-15)19(20,21)22;/h9-12,14,17H,4-8,13H2,1-3H3;1H/q+1;/p-1. The van der Waals surface area contributed by atoms with Gasteiger partial charge in [0.2, 0.25) is 0 Å². The highest BCUT2D eigenvalue weighted by molar-refractivity contribution is 5.89. The van der Waals surface area contributed by atoms with E-state index in [9.17, 15) is 18.0 Å². The van der Waals surface area contributed by atoms with E-state index in [-0.39, 0.29) is 35.6 Å². The first-order chi connectivity index (χ1) is 11.6. The first kappa shape index (κ1) is 23.2. The quantitative estimate of drug-likeness (QED) is 0.361. The van der Waals surface area contributed by atoms with Crippen LogP contribution in [0.3, 0.4) is 0 Å². The molecule has 1 aliphatic rings. The zero-order valence-corrected chi connectivity index (χ0v) is 17.6. The van der Waals surface area contributed by atoms with Crippen molar-refractivity contribution in [2.24, 2.45) is 0 Å². The zero-order chi connectivity index (χ0) is 18.7. The highest BCUT2D eigenvalue weighted by Crippen LogP contribution is 2.29. The number of likely N-dealkylation sites (N-methyl/N-ethyl adjacent to an activating group) is 1. The Balaban J connectivity index is 0.00000338. The van der Waals surface area contributed by atoms with Crippen molar-refractivity contribution in [1.29, 1.82) is 0 Å². The van der Waals surface area contributed by atoms with Crippen molar-refractivity contribution in [3.05, 3.63) is 35.4 Å². The van der Waals surface area contributed by atoms with Gasteiger partial charge >= 0.3 is 12.1 Å². The summed E-state index contributed by atoms with van der Waals surface area (Å²) in [5.41, 5.74) is -0.630. The average Bonchev–Trinajstić information content (AvgIpc) is 2.54. The first-order valence-electron chi connectivity index (χ1n) is 8.80. The molecule has 0 bridgehead atoms. The first-order valence-corrected chi connectivity index (χ1v) is 8.80. The molecule has 0 radical (unpaired) electrons. The van der Waals surface area contributed by atoms with E-state index in [1.165, 1.54) is 44.2 Å². The molecular weight excluding hydrogens is 458 g/mol. The Morgan fingerprint density at radius 1 is 1.15 bits per heavy atom. The third kappa shape index (κ3) is 6.40. The predicted octanol–water partition coefficient (Wildman–Crippen LogP) is 1.66. The number of rotatable bonds is 5. The van der Waals surface area contributed by atoms with Gasteiger partial charge in [0.25, 0.3) is 0 Å². The van der Waals surface area contributed by atoms with Gasteiger partial charge in [-0.3, -0.25) is 0 Å². The van der Waals surface area contributed by atoms with Gasteiger partial charge in [-0.15, -0.1) is 0 Å². The van der Waals surface area contributed by atoms with E-state index >= 15 is 0 Å². The van der Waals surface area contributed by atoms with Gasteiger partial charge in [-0.1, -0.05) is 6.42 Å². The Hall–Kier alpha value is -0.830. The molecule has 1 fully saturated rings. The number of alkyl halides is 3. The third-order valence-electron chi connectivity index (χ3n) is 5.05. The second kappa shape index (κ2) is 9.39. The summed E-state index contributed by atoms with van der Waals surface area (Å²) in [4.78, 5) is 12.2. The van der Waals surface area contributed by atoms with Crippen LogP contribution in [-0.4, -0.2) is 43.2 Å². The molecule has 26 heavy (non-hydrogen) atoms. The summed E-state index contributed by atoms with van der Waals surface area (Å²) >= 11 is 0. The molecule has 2 rings (SSSR count). The SMILES string of the molecule is CC(C[N+](C)(C)C1CCCCC1)OC(=O)c1ccc(C(F)(F)F)cc1.[I-]. The molecule has 1 aliphatic carbocycles. The van der Waals surface area contributed by atoms with Crippen molar-refractivity contribution < 1.29 is 51.2 Å². The van der Waals surface area contributed by atoms with Crippen molar-refractivity contribution in [2.45, 2.75) is 57.3 Å². The van der Waals surface area contributed by atoms with E-state index in [1.54, 1.807) is 0 Å². The smallest absolute Gasteiger partial charge is 0.416 e. The number of nitrogens with zero attached hydrogens (tertiary/aromatic N) is 1. The van der Waals surface area contributed by atoms with E-state index in [0.29, 0.717) is 12.6 Å². The molecule has 0 N–H and O–H groups in total. The number of quaternary nitrogens is 1. The van der Waals surface area contributed by atoms with Crippen LogP contribution in [0.1, 0.15) is 54.9 Å². The van der Waals surface area contributed by atoms with Crippen molar-refractivity contribution in [1.82, 2.24) is 0 Å². The Morgan fingerprint density at radius 2 is 1.69 bits per heavy atom. The lowest BCUT2D eigenvalue weighted by molar-refractivity contribution is -0.918. The van der Waals surface area contributed by atoms with Crippen LogP contribution in [0.2, 0.25) is 0 Å². The average molecular weight is 485 g/mol. The maximum absolute atomic E-state index is 12.6. The van der Waals surface area contributed by atoms with Crippen LogP contribution in [0, 0.1) is 0 Å². The maximum atomic E-state index is 12.6. The van der Waals surface area contributed by atoms with Gasteiger partial charge in [0.15, 0.2) is 0 Å². The second-order valence-corrected chi connectivity index (χ2v) is 7.54. The van der Waals surface area contributed by atoms with Crippen LogP contribution < -0.4 is 24.0 Å². The number of esters is 1. The molecule has 1 unspecified atom stereocenters. The largest absolute Gasteiger partial charge is 1.00 e. The molecule has 0 heterocycles. The second-order valence-electron chi connectivity index (χ2n) is 7.54. The topological polar surface area (TPSA) is 26.3 Å². The van der Waals surface area contributed by atoms with E-state index in [1.807, 2.05) is 6.92 Å². The lowest BCUT2D eigenvalue weighted by Gasteiger charge is -2.41. The van der Waals surface area contributed by atoms with Crippen LogP contribution in [0.25, 0.3) is 0 Å². The van der Waals surface area contributed by atoms with Gasteiger partial charge in [-0.2, -0.15) is 13.2 Å². The monoisotopic (exact) mass is 485 g/mol. The number of ether oxygens (including phenoxy) is 1. The number of hydrogen-bond donors (Lipinski definition) is 0. The highest BCUT2D eigenvalue weighted by atomic mass is 127. The predicted molar refractivity (Wildman–Crippen MR) is 90.2 cm³/mol. The number of halogens is 4. The normalized spacial score (nSPS) is 17.3. The molecule has 0 aliphatic heterocycles. The van der Waals surface area contributed by atoms with Gasteiger partial charge in [-0.05, 0) is 56.9 Å². The molecular formula is C19H27F3INO2. The van der Waals surface area contributed by atoms with Gasteiger partial charge in [0.1, 0.15) is 12.6 Å². The fourth-order valence-electron chi connectivity index (χ4n) is 3.68. The summed E-state index contributed by atoms with van der Waals surface area (Å²) in [6, 6.07) is 4.71. The van der Waals surface area contributed by atoms with Crippen LogP contribution in [-0.2, 0) is 10.9 Å². The van der Waals surface area contributed by atoms with Gasteiger partial charge in [0.05, 0.1) is 31.3 Å². The number of carbonyl (C=O) groups excluding carboxylic acids is 1. The Kier molecular flexibility index (Phi) is 8.38. The summed E-state index contributed by atoms with van der Waals surface area (Å²) in [5.74, 6) is -0.579. The van der Waals surface area contributed by atoms with Gasteiger partial charge in [-0.25, -0.2) is 4.79 Å². The number of benzene rings is 1. The summed E-state index contributed by atoms with van der Waals surface area (Å²) in [7, 11) is 4.30. The molecule has 1 atom stereocenters. The Labute approximate surface area is 170 Å². The fraction of sp³-hybridized carbons (Fsp3) is 0.632. The fourth-order valence-corrected chi connectivity index (χ4v) is 3.68. The molecule has 1 aromatic carbocycles. The lowest BCUT2D eigenvalue weighted by Crippen LogP contribution is -3.00. The molecule has 0 spiro atoms. The van der Waals surface area contributed by atoms with Gasteiger partial charge < -0.3 is 33.2 Å². The van der Waals surface area contributed by atoms with E-state index in [0.717, 1.165) is 16.6 Å². The Bertz CT molecular complexity index is 581. The number of carbonyl (C=O) groups is 1. The molecule has 148 valence electrons. The molecule has 1 aromatic rings. The Morgan fingerprint density at radius 3 is 2.19 bits per heavy atom. The van der Waals surface area contributed by atoms with Crippen LogP contribution in [0.4, 0.5) is 13.2 Å². The molecule has 0 aromatic heterocycles. The minimum Gasteiger partial charge on any atom is -1.00 e. The summed E-state index contributed by atoms with van der Waals surface area (Å²) in [6.45, 7) is 2.53. The zero-order valence-electron chi connectivity index (χ0n) is 15.5. The van der Waals surface area contributed by atoms with Crippen molar-refractivity contribution in [3.63, 3.8) is 0 Å². The molecule has 0 amide bonds. The minimum atomic E-state index is -4.41. The van der Waals surface area contributed by atoms with E-state index in [4.69, 9.17) is 4.74 Å². The summed E-state index contributed by atoms with van der Waals surface area (Å²) < 4.78 is 44.0.